The summed E-state index contributed by atoms with van der Waals surface area (Å²) in [6.45, 7) is 7.75. The van der Waals surface area contributed by atoms with Gasteiger partial charge in [0.15, 0.2) is 0 Å². The topological polar surface area (TPSA) is 64.3 Å². The zero-order chi connectivity index (χ0) is 15.2. The maximum absolute atomic E-state index is 6.03. The van der Waals surface area contributed by atoms with Gasteiger partial charge in [-0.25, -0.2) is 4.98 Å². The fourth-order valence-corrected chi connectivity index (χ4v) is 3.03. The minimum atomic E-state index is 0.371. The van der Waals surface area contributed by atoms with Crippen molar-refractivity contribution in [2.75, 3.05) is 18.1 Å². The summed E-state index contributed by atoms with van der Waals surface area (Å²) < 4.78 is 5.56. The molecule has 21 heavy (non-hydrogen) atoms. The Hall–Kier alpha value is -1.36. The van der Waals surface area contributed by atoms with Crippen LogP contribution < -0.4 is 15.4 Å². The van der Waals surface area contributed by atoms with Crippen LogP contribution in [0.5, 0.6) is 5.88 Å². The van der Waals surface area contributed by atoms with E-state index in [-0.39, 0.29) is 0 Å². The molecule has 5 heteroatoms. The second-order valence-electron chi connectivity index (χ2n) is 5.81. The Morgan fingerprint density at radius 3 is 2.57 bits per heavy atom. The van der Waals surface area contributed by atoms with Gasteiger partial charge in [0.2, 0.25) is 5.88 Å². The molecule has 0 amide bonds. The molecule has 1 aliphatic rings. The zero-order valence-corrected chi connectivity index (χ0v) is 13.5. The Morgan fingerprint density at radius 2 is 1.95 bits per heavy atom. The fraction of sp³-hybridized carbons (Fsp3) is 0.750. The molecule has 1 saturated carbocycles. The standard InChI is InChI=1S/C16H28N4O/c1-4-10-20(14-8-6-13(17)7-9-14)15-11-16(21-5-2)19-12(3)18-15/h11,13-14H,4-10,17H2,1-3H3. The van der Waals surface area contributed by atoms with Crippen LogP contribution in [0.2, 0.25) is 0 Å². The van der Waals surface area contributed by atoms with Gasteiger partial charge in [-0.3, -0.25) is 0 Å². The molecule has 1 aliphatic carbocycles. The maximum atomic E-state index is 6.03. The number of rotatable bonds is 6. The Kier molecular flexibility index (Phi) is 5.79. The predicted molar refractivity (Wildman–Crippen MR) is 85.8 cm³/mol. The van der Waals surface area contributed by atoms with E-state index in [1.54, 1.807) is 0 Å². The number of aromatic nitrogens is 2. The molecule has 1 fully saturated rings. The van der Waals surface area contributed by atoms with Crippen molar-refractivity contribution in [1.82, 2.24) is 9.97 Å². The Labute approximate surface area is 127 Å². The van der Waals surface area contributed by atoms with E-state index < -0.39 is 0 Å². The van der Waals surface area contributed by atoms with Gasteiger partial charge in [0, 0.05) is 24.7 Å². The van der Waals surface area contributed by atoms with E-state index in [4.69, 9.17) is 10.5 Å². The average molecular weight is 292 g/mol. The fourth-order valence-electron chi connectivity index (χ4n) is 3.03. The Bertz CT molecular complexity index is 444. The number of hydrogen-bond acceptors (Lipinski definition) is 5. The molecule has 0 unspecified atom stereocenters. The van der Waals surface area contributed by atoms with Crippen LogP contribution in [0.1, 0.15) is 51.8 Å². The van der Waals surface area contributed by atoms with E-state index in [0.29, 0.717) is 24.6 Å². The first kappa shape index (κ1) is 16.0. The summed E-state index contributed by atoms with van der Waals surface area (Å²) in [6.07, 6.45) is 5.61. The quantitative estimate of drug-likeness (QED) is 0.873. The molecule has 1 aromatic heterocycles. The first-order valence-corrected chi connectivity index (χ1v) is 8.14. The summed E-state index contributed by atoms with van der Waals surface area (Å²) in [5.41, 5.74) is 6.03. The van der Waals surface area contributed by atoms with E-state index in [0.717, 1.165) is 50.3 Å². The summed E-state index contributed by atoms with van der Waals surface area (Å²) in [5, 5.41) is 0. The van der Waals surface area contributed by atoms with Gasteiger partial charge < -0.3 is 15.4 Å². The highest BCUT2D eigenvalue weighted by Crippen LogP contribution is 2.27. The lowest BCUT2D eigenvalue weighted by molar-refractivity contribution is 0.324. The molecule has 0 atom stereocenters. The Balaban J connectivity index is 2.20. The first-order chi connectivity index (χ1) is 10.1. The van der Waals surface area contributed by atoms with Crippen molar-refractivity contribution >= 4 is 5.82 Å². The highest BCUT2D eigenvalue weighted by atomic mass is 16.5. The van der Waals surface area contributed by atoms with Crippen molar-refractivity contribution < 1.29 is 4.74 Å². The van der Waals surface area contributed by atoms with Crippen LogP contribution >= 0.6 is 0 Å². The van der Waals surface area contributed by atoms with Crippen LogP contribution in [0.3, 0.4) is 0 Å². The minimum Gasteiger partial charge on any atom is -0.478 e. The van der Waals surface area contributed by atoms with Crippen LogP contribution in [-0.2, 0) is 0 Å². The molecular formula is C16H28N4O. The van der Waals surface area contributed by atoms with Gasteiger partial charge in [0.1, 0.15) is 11.6 Å². The third kappa shape index (κ3) is 4.30. The summed E-state index contributed by atoms with van der Waals surface area (Å²) in [7, 11) is 0. The van der Waals surface area contributed by atoms with E-state index in [1.807, 2.05) is 19.9 Å². The predicted octanol–water partition coefficient (Wildman–Crippen LogP) is 2.67. The van der Waals surface area contributed by atoms with Crippen LogP contribution in [0.15, 0.2) is 6.07 Å². The molecule has 0 bridgehead atoms. The van der Waals surface area contributed by atoms with Crippen LogP contribution in [-0.4, -0.2) is 35.2 Å². The monoisotopic (exact) mass is 292 g/mol. The number of nitrogens with zero attached hydrogens (tertiary/aromatic N) is 3. The van der Waals surface area contributed by atoms with Crippen molar-refractivity contribution in [3.05, 3.63) is 11.9 Å². The van der Waals surface area contributed by atoms with Gasteiger partial charge in [0.05, 0.1) is 6.61 Å². The lowest BCUT2D eigenvalue weighted by Crippen LogP contribution is -2.42. The first-order valence-electron chi connectivity index (χ1n) is 8.14. The highest BCUT2D eigenvalue weighted by molar-refractivity contribution is 5.43. The molecular weight excluding hydrogens is 264 g/mol. The Morgan fingerprint density at radius 1 is 1.24 bits per heavy atom. The van der Waals surface area contributed by atoms with E-state index >= 15 is 0 Å². The lowest BCUT2D eigenvalue weighted by Gasteiger charge is -2.37. The molecule has 118 valence electrons. The maximum Gasteiger partial charge on any atom is 0.218 e. The van der Waals surface area contributed by atoms with Gasteiger partial charge in [-0.2, -0.15) is 4.98 Å². The van der Waals surface area contributed by atoms with Crippen LogP contribution in [0, 0.1) is 6.92 Å². The largest absolute Gasteiger partial charge is 0.478 e. The van der Waals surface area contributed by atoms with Crippen molar-refractivity contribution in [2.45, 2.75) is 65.0 Å². The lowest BCUT2D eigenvalue weighted by atomic mass is 9.90. The van der Waals surface area contributed by atoms with Crippen LogP contribution in [0.4, 0.5) is 5.82 Å². The number of nitrogens with two attached hydrogens (primary N) is 1. The SMILES string of the molecule is CCCN(c1cc(OCC)nc(C)n1)C1CCC(N)CC1. The van der Waals surface area contributed by atoms with E-state index in [2.05, 4.69) is 21.8 Å². The van der Waals surface area contributed by atoms with Gasteiger partial charge in [-0.05, 0) is 46.0 Å². The number of aryl methyl sites for hydroxylation is 1. The summed E-state index contributed by atoms with van der Waals surface area (Å²) in [4.78, 5) is 11.4. The second-order valence-corrected chi connectivity index (χ2v) is 5.81. The van der Waals surface area contributed by atoms with Crippen molar-refractivity contribution in [3.8, 4) is 5.88 Å². The number of hydrogen-bond donors (Lipinski definition) is 1. The van der Waals surface area contributed by atoms with Crippen molar-refractivity contribution in [2.24, 2.45) is 5.73 Å². The van der Waals surface area contributed by atoms with Crippen LogP contribution in [0.25, 0.3) is 0 Å². The normalized spacial score (nSPS) is 22.1. The molecule has 2 rings (SSSR count). The van der Waals surface area contributed by atoms with E-state index in [1.165, 1.54) is 0 Å². The summed E-state index contributed by atoms with van der Waals surface area (Å²) in [6, 6.07) is 2.88. The molecule has 2 N–H and O–H groups in total. The summed E-state index contributed by atoms with van der Waals surface area (Å²) >= 11 is 0. The average Bonchev–Trinajstić information content (AvgIpc) is 2.45. The smallest absolute Gasteiger partial charge is 0.218 e. The van der Waals surface area contributed by atoms with Crippen molar-refractivity contribution in [3.63, 3.8) is 0 Å². The molecule has 0 aromatic carbocycles. The van der Waals surface area contributed by atoms with E-state index in [9.17, 15) is 0 Å². The van der Waals surface area contributed by atoms with Gasteiger partial charge in [0.25, 0.3) is 0 Å². The number of anilines is 1. The molecule has 1 heterocycles. The van der Waals surface area contributed by atoms with Gasteiger partial charge >= 0.3 is 0 Å². The molecule has 0 saturated heterocycles. The molecule has 0 radical (unpaired) electrons. The molecule has 0 spiro atoms. The van der Waals surface area contributed by atoms with Crippen molar-refractivity contribution in [1.29, 1.82) is 0 Å². The highest BCUT2D eigenvalue weighted by Gasteiger charge is 2.25. The molecule has 0 aliphatic heterocycles. The minimum absolute atomic E-state index is 0.371. The zero-order valence-electron chi connectivity index (χ0n) is 13.5. The third-order valence-electron chi connectivity index (χ3n) is 4.03. The van der Waals surface area contributed by atoms with Gasteiger partial charge in [-0.15, -0.1) is 0 Å². The van der Waals surface area contributed by atoms with Gasteiger partial charge in [-0.1, -0.05) is 6.92 Å². The summed E-state index contributed by atoms with van der Waals surface area (Å²) in [5.74, 6) is 2.44. The number of ether oxygens (including phenoxy) is 1. The molecule has 1 aromatic rings. The third-order valence-corrected chi connectivity index (χ3v) is 4.03. The second kappa shape index (κ2) is 7.59. The molecule has 5 nitrogen and oxygen atoms in total.